The van der Waals surface area contributed by atoms with E-state index in [0.29, 0.717) is 23.8 Å². The monoisotopic (exact) mass is 403 g/mol. The van der Waals surface area contributed by atoms with Crippen LogP contribution in [-0.4, -0.2) is 25.8 Å². The fourth-order valence-electron chi connectivity index (χ4n) is 2.83. The van der Waals surface area contributed by atoms with Crippen molar-refractivity contribution in [1.82, 2.24) is 0 Å². The van der Waals surface area contributed by atoms with Gasteiger partial charge in [-0.3, -0.25) is 4.55 Å². The van der Waals surface area contributed by atoms with Crippen LogP contribution in [-0.2, 0) is 16.7 Å². The van der Waals surface area contributed by atoms with Gasteiger partial charge in [0, 0.05) is 18.3 Å². The Balaban J connectivity index is 1.87. The Labute approximate surface area is 164 Å². The Morgan fingerprint density at radius 3 is 2.64 bits per heavy atom. The first-order chi connectivity index (χ1) is 13.4. The predicted octanol–water partition coefficient (Wildman–Crippen LogP) is 3.40. The molecule has 2 N–H and O–H groups in total. The number of nitrogens with zero attached hydrogens (tertiary/aromatic N) is 1. The van der Waals surface area contributed by atoms with Crippen molar-refractivity contribution in [2.45, 2.75) is 19.9 Å². The van der Waals surface area contributed by atoms with Gasteiger partial charge < -0.3 is 14.5 Å². The summed E-state index contributed by atoms with van der Waals surface area (Å²) in [5.74, 6) is 0.907. The van der Waals surface area contributed by atoms with E-state index in [0.717, 1.165) is 11.2 Å². The van der Waals surface area contributed by atoms with Gasteiger partial charge in [0.15, 0.2) is 6.54 Å². The molecule has 0 atom stereocenters. The smallest absolute Gasteiger partial charge is 0.375 e. The van der Waals surface area contributed by atoms with E-state index in [1.165, 1.54) is 5.56 Å². The maximum Gasteiger partial charge on any atom is 0.375 e. The van der Waals surface area contributed by atoms with Crippen LogP contribution in [0, 0.1) is 6.92 Å². The van der Waals surface area contributed by atoms with Crippen LogP contribution >= 0.6 is 0 Å². The fraction of sp³-hybridized carbons (Fsp3) is 0.250. The number of aromatic nitrogens is 1. The maximum absolute atomic E-state index is 11.0. The fourth-order valence-corrected chi connectivity index (χ4v) is 3.32. The van der Waals surface area contributed by atoms with Gasteiger partial charge >= 0.3 is 5.89 Å². The van der Waals surface area contributed by atoms with Crippen LogP contribution in [0.1, 0.15) is 17.9 Å². The highest BCUT2D eigenvalue weighted by molar-refractivity contribution is 7.85. The summed E-state index contributed by atoms with van der Waals surface area (Å²) >= 11 is 0. The Bertz CT molecular complexity index is 1090. The minimum atomic E-state index is -4.01. The van der Waals surface area contributed by atoms with Crippen molar-refractivity contribution in [2.24, 2.45) is 0 Å². The molecular weight excluding hydrogens is 380 g/mol. The first kappa shape index (κ1) is 19.9. The number of rotatable bonds is 8. The standard InChI is InChI=1S/C20H22N2O5S/c1-15-4-6-16(7-5-15)21-11-10-20-22(12-3-13-28(23,24)25)18-14-17(26-2)8-9-19(18)27-20/h4-11,14H,3,12-13H2,1-2H3,(H,23,24,25)/p+1. The van der Waals surface area contributed by atoms with Gasteiger partial charge in [0.2, 0.25) is 5.58 Å². The van der Waals surface area contributed by atoms with Gasteiger partial charge in [-0.2, -0.15) is 13.0 Å². The van der Waals surface area contributed by atoms with Gasteiger partial charge in [0.05, 0.1) is 25.0 Å². The molecule has 1 aromatic heterocycles. The Morgan fingerprint density at radius 2 is 1.96 bits per heavy atom. The summed E-state index contributed by atoms with van der Waals surface area (Å²) in [6, 6.07) is 13.4. The summed E-state index contributed by atoms with van der Waals surface area (Å²) in [5, 5.41) is 3.18. The molecule has 0 unspecified atom stereocenters. The number of fused-ring (bicyclic) bond motifs is 1. The van der Waals surface area contributed by atoms with Gasteiger partial charge in [-0.05, 0) is 31.2 Å². The molecule has 148 valence electrons. The summed E-state index contributed by atoms with van der Waals surface area (Å²) < 4.78 is 44.1. The van der Waals surface area contributed by atoms with E-state index in [-0.39, 0.29) is 12.2 Å². The lowest BCUT2D eigenvalue weighted by molar-refractivity contribution is -0.677. The highest BCUT2D eigenvalue weighted by Gasteiger charge is 2.22. The number of benzene rings is 2. The third kappa shape index (κ3) is 5.11. The quantitative estimate of drug-likeness (QED) is 0.442. The van der Waals surface area contributed by atoms with Crippen LogP contribution in [0.15, 0.2) is 53.1 Å². The lowest BCUT2D eigenvalue weighted by Gasteiger charge is -2.00. The molecule has 0 aliphatic rings. The normalized spacial score (nSPS) is 12.0. The van der Waals surface area contributed by atoms with Crippen molar-refractivity contribution in [3.05, 3.63) is 60.1 Å². The van der Waals surface area contributed by atoms with E-state index in [1.54, 1.807) is 31.5 Å². The zero-order chi connectivity index (χ0) is 20.1. The van der Waals surface area contributed by atoms with E-state index in [4.69, 9.17) is 13.7 Å². The number of hydrogen-bond donors (Lipinski definition) is 2. The van der Waals surface area contributed by atoms with E-state index in [2.05, 4.69) is 5.32 Å². The molecule has 0 aliphatic heterocycles. The number of methoxy groups -OCH3 is 1. The van der Waals surface area contributed by atoms with Crippen molar-refractivity contribution in [3.8, 4) is 5.75 Å². The van der Waals surface area contributed by atoms with Crippen LogP contribution in [0.3, 0.4) is 0 Å². The molecule has 0 fully saturated rings. The Morgan fingerprint density at radius 1 is 1.21 bits per heavy atom. The second-order valence-electron chi connectivity index (χ2n) is 6.41. The van der Waals surface area contributed by atoms with Gasteiger partial charge in [0.25, 0.3) is 15.6 Å². The van der Waals surface area contributed by atoms with E-state index in [1.807, 2.05) is 41.8 Å². The molecule has 0 radical (unpaired) electrons. The summed E-state index contributed by atoms with van der Waals surface area (Å²) in [7, 11) is -2.43. The summed E-state index contributed by atoms with van der Waals surface area (Å²) in [4.78, 5) is 0. The molecule has 1 heterocycles. The molecule has 0 saturated heterocycles. The second kappa shape index (κ2) is 8.45. The average Bonchev–Trinajstić information content (AvgIpc) is 2.99. The van der Waals surface area contributed by atoms with Gasteiger partial charge in [-0.15, -0.1) is 0 Å². The number of ether oxygens (including phenoxy) is 1. The first-order valence-electron chi connectivity index (χ1n) is 8.81. The number of nitrogens with one attached hydrogen (secondary N) is 1. The molecule has 28 heavy (non-hydrogen) atoms. The number of hydrogen-bond acceptors (Lipinski definition) is 5. The molecule has 2 aromatic carbocycles. The molecule has 7 nitrogen and oxygen atoms in total. The number of aryl methyl sites for hydroxylation is 2. The van der Waals surface area contributed by atoms with Crippen LogP contribution in [0.25, 0.3) is 17.2 Å². The van der Waals surface area contributed by atoms with Crippen LogP contribution in [0.2, 0.25) is 0 Å². The van der Waals surface area contributed by atoms with E-state index in [9.17, 15) is 8.42 Å². The summed E-state index contributed by atoms with van der Waals surface area (Å²) in [5.41, 5.74) is 3.56. The summed E-state index contributed by atoms with van der Waals surface area (Å²) in [6.07, 6.45) is 3.79. The number of oxazole rings is 1. The minimum Gasteiger partial charge on any atom is -0.497 e. The van der Waals surface area contributed by atoms with Crippen LogP contribution in [0.5, 0.6) is 5.75 Å². The maximum atomic E-state index is 11.0. The van der Waals surface area contributed by atoms with Crippen molar-refractivity contribution in [3.63, 3.8) is 0 Å². The molecule has 0 spiro atoms. The Kier molecular flexibility index (Phi) is 6.01. The SMILES string of the molecule is COc1ccc2oc(/C=C/Nc3ccc(C)cc3)[n+](CCCS(=O)(=O)O)c2c1. The topological polar surface area (TPSA) is 92.7 Å². The number of anilines is 1. The highest BCUT2D eigenvalue weighted by Crippen LogP contribution is 2.21. The lowest BCUT2D eigenvalue weighted by Crippen LogP contribution is -2.36. The highest BCUT2D eigenvalue weighted by atomic mass is 32.2. The Hall–Kier alpha value is -2.84. The molecule has 0 bridgehead atoms. The zero-order valence-corrected chi connectivity index (χ0v) is 16.6. The van der Waals surface area contributed by atoms with Crippen molar-refractivity contribution in [2.75, 3.05) is 18.2 Å². The first-order valence-corrected chi connectivity index (χ1v) is 10.4. The van der Waals surface area contributed by atoms with E-state index < -0.39 is 10.1 Å². The minimum absolute atomic E-state index is 0.252. The zero-order valence-electron chi connectivity index (χ0n) is 15.8. The van der Waals surface area contributed by atoms with Gasteiger partial charge in [0.1, 0.15) is 5.75 Å². The molecule has 0 saturated carbocycles. The molecular formula is C20H23N2O5S+. The molecule has 3 rings (SSSR count). The van der Waals surface area contributed by atoms with Crippen molar-refractivity contribution < 1.29 is 26.7 Å². The molecule has 0 amide bonds. The largest absolute Gasteiger partial charge is 0.497 e. The second-order valence-corrected chi connectivity index (χ2v) is 7.98. The third-order valence-corrected chi connectivity index (χ3v) is 5.05. The van der Waals surface area contributed by atoms with Gasteiger partial charge in [-0.1, -0.05) is 17.7 Å². The van der Waals surface area contributed by atoms with Crippen LogP contribution < -0.4 is 14.6 Å². The summed E-state index contributed by atoms with van der Waals surface area (Å²) in [6.45, 7) is 2.39. The third-order valence-electron chi connectivity index (χ3n) is 4.25. The molecule has 8 heteroatoms. The van der Waals surface area contributed by atoms with E-state index >= 15 is 0 Å². The van der Waals surface area contributed by atoms with Crippen LogP contribution in [0.4, 0.5) is 5.69 Å². The van der Waals surface area contributed by atoms with Crippen molar-refractivity contribution >= 4 is 33.0 Å². The lowest BCUT2D eigenvalue weighted by atomic mass is 10.2. The molecule has 0 aliphatic carbocycles. The predicted molar refractivity (Wildman–Crippen MR) is 108 cm³/mol. The molecule has 3 aromatic rings. The average molecular weight is 403 g/mol. The van der Waals surface area contributed by atoms with Gasteiger partial charge in [-0.25, -0.2) is 0 Å². The van der Waals surface area contributed by atoms with Crippen molar-refractivity contribution in [1.29, 1.82) is 0 Å².